The summed E-state index contributed by atoms with van der Waals surface area (Å²) in [6, 6.07) is 23.5. The molecule has 312 valence electrons. The number of benzene rings is 3. The maximum atomic E-state index is 14.9. The Hall–Kier alpha value is -5.54. The predicted molar refractivity (Wildman–Crippen MR) is 221 cm³/mol. The van der Waals surface area contributed by atoms with Gasteiger partial charge in [-0.3, -0.25) is 23.9 Å². The highest BCUT2D eigenvalue weighted by atomic mass is 32.2. The van der Waals surface area contributed by atoms with Crippen LogP contribution in [0, 0.1) is 5.41 Å². The molecule has 2 unspecified atom stereocenters. The molecule has 59 heavy (non-hydrogen) atoms. The van der Waals surface area contributed by atoms with Crippen molar-refractivity contribution in [2.75, 3.05) is 20.8 Å². The normalized spacial score (nSPS) is 20.2. The van der Waals surface area contributed by atoms with Gasteiger partial charge in [0.15, 0.2) is 6.10 Å². The predicted octanol–water partition coefficient (Wildman–Crippen LogP) is 4.82. The average Bonchev–Trinajstić information content (AvgIpc) is 4.13. The zero-order valence-corrected chi connectivity index (χ0v) is 34.9. The number of likely N-dealkylation sites (tertiary alicyclic amines) is 1. The van der Waals surface area contributed by atoms with Crippen LogP contribution >= 0.6 is 0 Å². The third kappa shape index (κ3) is 8.62. The first-order chi connectivity index (χ1) is 28.0. The van der Waals surface area contributed by atoms with Crippen LogP contribution in [0.25, 0.3) is 22.2 Å². The molecule has 3 aromatic carbocycles. The lowest BCUT2D eigenvalue weighted by Gasteiger charge is -2.36. The van der Waals surface area contributed by atoms with E-state index in [1.807, 2.05) is 69.3 Å². The molecule has 15 heteroatoms. The Morgan fingerprint density at radius 1 is 0.898 bits per heavy atom. The van der Waals surface area contributed by atoms with Gasteiger partial charge in [-0.05, 0) is 55.7 Å². The first kappa shape index (κ1) is 41.6. The van der Waals surface area contributed by atoms with Gasteiger partial charge in [-0.1, -0.05) is 81.4 Å². The standard InChI is InChI=1S/C44H51N5O9S/c1-42(2,3)37(46-39(51)36(57-6)28-15-11-8-12-16-28)40(52)49-26-30(24-34(49)38(50)47-44(21-22-44)41(53)48-59(54,55)43(4)19-20-43)58-35-25-32(27-13-9-7-10-14-27)45-33-23-29(56-5)17-18-31(33)35/h7-18,23,25,30,34,36-37H,19-22,24,26H2,1-6H3,(H,46,51)(H,47,50)(H,48,53)/t30-,34?,36+,37?/m1/s1. The number of sulfonamides is 1. The topological polar surface area (TPSA) is 182 Å². The lowest BCUT2D eigenvalue weighted by molar-refractivity contribution is -0.146. The van der Waals surface area contributed by atoms with Crippen LogP contribution in [0.4, 0.5) is 0 Å². The highest BCUT2D eigenvalue weighted by molar-refractivity contribution is 7.91. The zero-order valence-electron chi connectivity index (χ0n) is 34.1. The second-order valence-corrected chi connectivity index (χ2v) is 19.2. The van der Waals surface area contributed by atoms with Crippen molar-refractivity contribution < 1.29 is 41.8 Å². The molecule has 14 nitrogen and oxygen atoms in total. The average molecular weight is 826 g/mol. The summed E-state index contributed by atoms with van der Waals surface area (Å²) in [5.41, 5.74) is 0.410. The van der Waals surface area contributed by atoms with Crippen LogP contribution in [0.2, 0.25) is 0 Å². The molecule has 0 spiro atoms. The molecule has 2 aliphatic carbocycles. The highest BCUT2D eigenvalue weighted by Crippen LogP contribution is 2.44. The molecular weight excluding hydrogens is 775 g/mol. The number of fused-ring (bicyclic) bond motifs is 1. The largest absolute Gasteiger partial charge is 0.497 e. The lowest BCUT2D eigenvalue weighted by atomic mass is 9.85. The van der Waals surface area contributed by atoms with E-state index in [1.54, 1.807) is 50.4 Å². The maximum Gasteiger partial charge on any atom is 0.259 e. The molecule has 7 rings (SSSR count). The Morgan fingerprint density at radius 3 is 2.15 bits per heavy atom. The van der Waals surface area contributed by atoms with E-state index in [0.717, 1.165) is 5.56 Å². The van der Waals surface area contributed by atoms with Crippen molar-refractivity contribution >= 4 is 44.6 Å². The van der Waals surface area contributed by atoms with Crippen LogP contribution in [-0.4, -0.2) is 91.2 Å². The fourth-order valence-corrected chi connectivity index (χ4v) is 8.73. The van der Waals surface area contributed by atoms with Gasteiger partial charge in [-0.25, -0.2) is 13.4 Å². The Balaban J connectivity index is 1.21. The SMILES string of the molecule is COc1ccc2c(O[C@@H]3CC(C(=O)NC4(C(=O)NS(=O)(=O)C5(C)CC5)CC4)N(C(=O)C(NC(=O)[C@@H](OC)c4ccccc4)C(C)(C)C)C3)cc(-c3ccccc3)nc2c1. The van der Waals surface area contributed by atoms with Crippen molar-refractivity contribution in [3.05, 3.63) is 90.5 Å². The molecule has 0 radical (unpaired) electrons. The van der Waals surface area contributed by atoms with Crippen molar-refractivity contribution in [2.45, 2.75) is 94.4 Å². The Morgan fingerprint density at radius 2 is 1.56 bits per heavy atom. The number of hydrogen-bond donors (Lipinski definition) is 3. The van der Waals surface area contributed by atoms with E-state index in [4.69, 9.17) is 19.2 Å². The summed E-state index contributed by atoms with van der Waals surface area (Å²) in [6.07, 6.45) is -0.383. The summed E-state index contributed by atoms with van der Waals surface area (Å²) in [5.74, 6) is -1.44. The van der Waals surface area contributed by atoms with Crippen LogP contribution in [-0.2, 0) is 33.9 Å². The van der Waals surface area contributed by atoms with E-state index in [9.17, 15) is 27.6 Å². The minimum absolute atomic E-state index is 0.0296. The van der Waals surface area contributed by atoms with E-state index in [2.05, 4.69) is 15.4 Å². The highest BCUT2D eigenvalue weighted by Gasteiger charge is 2.58. The first-order valence-electron chi connectivity index (χ1n) is 19.8. The summed E-state index contributed by atoms with van der Waals surface area (Å²) in [6.45, 7) is 6.97. The summed E-state index contributed by atoms with van der Waals surface area (Å²) < 4.78 is 45.0. The molecular formula is C44H51N5O9S. The number of nitrogens with zero attached hydrogens (tertiary/aromatic N) is 2. The van der Waals surface area contributed by atoms with Gasteiger partial charge in [0, 0.05) is 36.6 Å². The number of rotatable bonds is 14. The molecule has 2 saturated carbocycles. The number of ether oxygens (including phenoxy) is 3. The molecule has 4 aromatic rings. The first-order valence-corrected chi connectivity index (χ1v) is 21.2. The van der Waals surface area contributed by atoms with Crippen LogP contribution in [0.1, 0.15) is 71.5 Å². The fraction of sp³-hybridized carbons (Fsp3) is 0.432. The monoisotopic (exact) mass is 825 g/mol. The van der Waals surface area contributed by atoms with E-state index in [0.29, 0.717) is 46.5 Å². The number of hydrogen-bond acceptors (Lipinski definition) is 10. The number of aromatic nitrogens is 1. The molecule has 4 amide bonds. The molecule has 3 N–H and O–H groups in total. The zero-order chi connectivity index (χ0) is 42.3. The van der Waals surface area contributed by atoms with Crippen molar-refractivity contribution in [1.82, 2.24) is 25.2 Å². The summed E-state index contributed by atoms with van der Waals surface area (Å²) in [4.78, 5) is 62.9. The second-order valence-electron chi connectivity index (χ2n) is 17.0. The van der Waals surface area contributed by atoms with Crippen LogP contribution in [0.3, 0.4) is 0 Å². The number of pyridine rings is 1. The molecule has 0 bridgehead atoms. The third-order valence-corrected chi connectivity index (χ3v) is 13.7. The number of amides is 4. The van der Waals surface area contributed by atoms with Crippen molar-refractivity contribution in [3.63, 3.8) is 0 Å². The Kier molecular flexibility index (Phi) is 11.2. The van der Waals surface area contributed by atoms with Gasteiger partial charge in [0.1, 0.15) is 35.2 Å². The van der Waals surface area contributed by atoms with Gasteiger partial charge >= 0.3 is 0 Å². The minimum Gasteiger partial charge on any atom is -0.497 e. The second kappa shape index (κ2) is 15.9. The van der Waals surface area contributed by atoms with Crippen molar-refractivity contribution in [1.29, 1.82) is 0 Å². The molecule has 2 heterocycles. The van der Waals surface area contributed by atoms with Gasteiger partial charge in [-0.2, -0.15) is 0 Å². The lowest BCUT2D eigenvalue weighted by Crippen LogP contribution is -2.60. The van der Waals surface area contributed by atoms with Crippen molar-refractivity contribution in [2.24, 2.45) is 5.41 Å². The van der Waals surface area contributed by atoms with Gasteiger partial charge in [0.05, 0.1) is 29.6 Å². The van der Waals surface area contributed by atoms with E-state index >= 15 is 0 Å². The van der Waals surface area contributed by atoms with Gasteiger partial charge in [-0.15, -0.1) is 0 Å². The van der Waals surface area contributed by atoms with E-state index in [-0.39, 0.29) is 25.8 Å². The number of methoxy groups -OCH3 is 2. The summed E-state index contributed by atoms with van der Waals surface area (Å²) in [5, 5.41) is 6.41. The van der Waals surface area contributed by atoms with Crippen molar-refractivity contribution in [3.8, 4) is 22.8 Å². The smallest absolute Gasteiger partial charge is 0.259 e. The number of carbonyl (C=O) groups is 4. The van der Waals surface area contributed by atoms with Gasteiger partial charge < -0.3 is 29.7 Å². The van der Waals surface area contributed by atoms with Crippen LogP contribution in [0.5, 0.6) is 11.5 Å². The fourth-order valence-electron chi connectivity index (χ4n) is 7.41. The molecule has 3 fully saturated rings. The van der Waals surface area contributed by atoms with Gasteiger partial charge in [0.25, 0.3) is 11.8 Å². The van der Waals surface area contributed by atoms with E-state index in [1.165, 1.54) is 12.0 Å². The van der Waals surface area contributed by atoms with E-state index < -0.39 is 73.6 Å². The molecule has 1 aliphatic heterocycles. The molecule has 1 saturated heterocycles. The molecule has 3 aliphatic rings. The summed E-state index contributed by atoms with van der Waals surface area (Å²) >= 11 is 0. The van der Waals surface area contributed by atoms with Gasteiger partial charge in [0.2, 0.25) is 21.8 Å². The number of carbonyl (C=O) groups excluding carboxylic acids is 4. The quantitative estimate of drug-likeness (QED) is 0.159. The summed E-state index contributed by atoms with van der Waals surface area (Å²) in [7, 11) is -0.982. The minimum atomic E-state index is -3.96. The van der Waals surface area contributed by atoms with Crippen LogP contribution < -0.4 is 24.8 Å². The Labute approximate surface area is 344 Å². The molecule has 4 atom stereocenters. The Bertz CT molecular complexity index is 2360. The molecule has 1 aromatic heterocycles. The number of nitrogens with one attached hydrogen (secondary N) is 3. The third-order valence-electron chi connectivity index (χ3n) is 11.5. The maximum absolute atomic E-state index is 14.9. The van der Waals surface area contributed by atoms with Crippen LogP contribution in [0.15, 0.2) is 84.9 Å².